The summed E-state index contributed by atoms with van der Waals surface area (Å²) >= 11 is -1.16. The van der Waals surface area contributed by atoms with Crippen LogP contribution in [-0.4, -0.2) is 52.7 Å². The number of hydrogen-bond acceptors (Lipinski definition) is 4. The van der Waals surface area contributed by atoms with Gasteiger partial charge in [-0.1, -0.05) is 0 Å². The van der Waals surface area contributed by atoms with E-state index >= 15 is 0 Å². The molecule has 0 aliphatic heterocycles. The molecule has 0 fully saturated rings. The van der Waals surface area contributed by atoms with Crippen LogP contribution in [0.3, 0.4) is 0 Å². The SMILES string of the molecule is CCCCI(c1ccccc1)c1ccccc1.O=S(=O)(O)C(F)(C(F)(F)C(F)(F)C(F)(F)F)S(=O)(=O)O. The summed E-state index contributed by atoms with van der Waals surface area (Å²) in [5, 5.41) is 0. The summed E-state index contributed by atoms with van der Waals surface area (Å²) in [6.07, 6.45) is -4.65. The Morgan fingerprint density at radius 2 is 1.03 bits per heavy atom. The summed E-state index contributed by atoms with van der Waals surface area (Å²) in [4.78, 5) is 0. The van der Waals surface area contributed by atoms with E-state index in [0.29, 0.717) is 0 Å². The largest absolute Gasteiger partial charge is 0.460 e. The number of alkyl halides is 9. The molecule has 6 nitrogen and oxygen atoms in total. The van der Waals surface area contributed by atoms with E-state index in [4.69, 9.17) is 9.11 Å². The first-order valence-corrected chi connectivity index (χ1v) is 16.4. The average molecular weight is 700 g/mol. The van der Waals surface area contributed by atoms with Crippen molar-refractivity contribution < 1.29 is 61.1 Å². The molecule has 0 heterocycles. The van der Waals surface area contributed by atoms with E-state index in [2.05, 4.69) is 67.6 Å². The van der Waals surface area contributed by atoms with Gasteiger partial charge in [-0.25, -0.2) is 0 Å². The maximum absolute atomic E-state index is 13.2. The van der Waals surface area contributed by atoms with Gasteiger partial charge in [0.2, 0.25) is 0 Å². The summed E-state index contributed by atoms with van der Waals surface area (Å²) in [7, 11) is -14.9. The van der Waals surface area contributed by atoms with Gasteiger partial charge in [0.25, 0.3) is 0 Å². The predicted octanol–water partition coefficient (Wildman–Crippen LogP) is 6.25. The van der Waals surface area contributed by atoms with E-state index in [-0.39, 0.29) is 0 Å². The van der Waals surface area contributed by atoms with Gasteiger partial charge in [-0.3, -0.25) is 9.11 Å². The molecule has 0 saturated heterocycles. The number of benzene rings is 2. The average Bonchev–Trinajstić information content (AvgIpc) is 2.78. The molecule has 2 rings (SSSR count). The minimum absolute atomic E-state index is 1.16. The minimum atomic E-state index is -7.60. The molecule has 0 bridgehead atoms. The van der Waals surface area contributed by atoms with Crippen LogP contribution >= 0.6 is 19.8 Å². The van der Waals surface area contributed by atoms with Crippen LogP contribution < -0.4 is 0 Å². The molecule has 0 aliphatic carbocycles. The molecule has 0 aliphatic rings. The fourth-order valence-corrected chi connectivity index (χ4v) is 10.6. The molecule has 0 atom stereocenters. The molecular formula is C20H21F8IO6S2. The van der Waals surface area contributed by atoms with Crippen LogP contribution in [-0.2, 0) is 20.2 Å². The van der Waals surface area contributed by atoms with Gasteiger partial charge in [-0.15, -0.1) is 0 Å². The van der Waals surface area contributed by atoms with Crippen molar-refractivity contribution >= 4 is 40.1 Å². The molecule has 37 heavy (non-hydrogen) atoms. The molecule has 0 saturated carbocycles. The first-order chi connectivity index (χ1) is 16.7. The third kappa shape index (κ3) is 7.10. The molecule has 2 aromatic rings. The Balaban J connectivity index is 0.000000373. The zero-order valence-corrected chi connectivity index (χ0v) is 22.4. The number of unbranched alkanes of at least 4 members (excludes halogenated alkanes) is 1. The van der Waals surface area contributed by atoms with Crippen molar-refractivity contribution in [3.8, 4) is 0 Å². The molecule has 0 amide bonds. The third-order valence-electron chi connectivity index (χ3n) is 4.46. The van der Waals surface area contributed by atoms with Crippen molar-refractivity contribution in [2.75, 3.05) is 4.43 Å². The summed E-state index contributed by atoms with van der Waals surface area (Å²) in [6, 6.07) is 22.2. The zero-order chi connectivity index (χ0) is 28.9. The fourth-order valence-electron chi connectivity index (χ4n) is 2.57. The Kier molecular flexibility index (Phi) is 10.9. The monoisotopic (exact) mass is 700 g/mol. The van der Waals surface area contributed by atoms with Crippen LogP contribution in [0.1, 0.15) is 19.8 Å². The minimum Gasteiger partial charge on any atom is -0.282 e. The van der Waals surface area contributed by atoms with Crippen molar-refractivity contribution in [1.82, 2.24) is 0 Å². The smallest absolute Gasteiger partial charge is 0.282 e. The Morgan fingerprint density at radius 3 is 1.30 bits per heavy atom. The molecular weight excluding hydrogens is 679 g/mol. The summed E-state index contributed by atoms with van der Waals surface area (Å²) < 4.78 is 153. The van der Waals surface area contributed by atoms with Crippen LogP contribution in [0, 0.1) is 7.14 Å². The van der Waals surface area contributed by atoms with Crippen molar-refractivity contribution in [1.29, 1.82) is 0 Å². The van der Waals surface area contributed by atoms with E-state index in [9.17, 15) is 52.0 Å². The topological polar surface area (TPSA) is 109 Å². The second-order valence-electron chi connectivity index (χ2n) is 7.13. The molecule has 2 aromatic carbocycles. The summed E-state index contributed by atoms with van der Waals surface area (Å²) in [5.41, 5.74) is 0. The van der Waals surface area contributed by atoms with Gasteiger partial charge in [-0.2, -0.15) is 52.0 Å². The van der Waals surface area contributed by atoms with Crippen molar-refractivity contribution in [2.24, 2.45) is 0 Å². The molecule has 212 valence electrons. The van der Waals surface area contributed by atoms with Crippen molar-refractivity contribution in [3.63, 3.8) is 0 Å². The maximum Gasteiger partial charge on any atom is 0.460 e. The van der Waals surface area contributed by atoms with E-state index in [1.165, 1.54) is 17.3 Å². The first-order valence-electron chi connectivity index (χ1n) is 9.88. The maximum atomic E-state index is 13.2. The molecule has 0 spiro atoms. The second-order valence-corrected chi connectivity index (χ2v) is 16.0. The van der Waals surface area contributed by atoms with Gasteiger partial charge in [0.05, 0.1) is 0 Å². The van der Waals surface area contributed by atoms with Gasteiger partial charge in [0.1, 0.15) is 0 Å². The Morgan fingerprint density at radius 1 is 0.676 bits per heavy atom. The van der Waals surface area contributed by atoms with E-state index in [1.54, 1.807) is 7.14 Å². The van der Waals surface area contributed by atoms with Gasteiger partial charge >= 0.3 is 154 Å². The summed E-state index contributed by atoms with van der Waals surface area (Å²) in [5.74, 6) is -15.2. The predicted molar refractivity (Wildman–Crippen MR) is 127 cm³/mol. The van der Waals surface area contributed by atoms with Crippen LogP contribution in [0.25, 0.3) is 0 Å². The number of hydrogen-bond donors (Lipinski definition) is 2. The Labute approximate surface area is 215 Å². The van der Waals surface area contributed by atoms with Gasteiger partial charge in [-0.05, 0) is 0 Å². The third-order valence-corrected chi connectivity index (χ3v) is 13.8. The molecule has 17 heteroatoms. The first kappa shape index (κ1) is 33.5. The van der Waals surface area contributed by atoms with Crippen LogP contribution in [0.2, 0.25) is 0 Å². The van der Waals surface area contributed by atoms with E-state index < -0.39 is 62.4 Å². The zero-order valence-electron chi connectivity index (χ0n) is 18.6. The second kappa shape index (κ2) is 12.1. The molecule has 0 radical (unpaired) electrons. The van der Waals surface area contributed by atoms with Gasteiger partial charge < -0.3 is 0 Å². The van der Waals surface area contributed by atoms with Crippen molar-refractivity contribution in [2.45, 2.75) is 42.1 Å². The standard InChI is InChI=1S/C16H19I.C4H2F8O6S2/c1-2-3-14-17(15-10-6-4-7-11-15)16-12-8-5-9-13-16;5-1(6,3(9,10)11)2(7,8)4(12,19(13,14)15)20(16,17)18/h4-13H,2-3,14H2,1H3;(H,13,14,15)(H,16,17,18). The number of halogens is 9. The number of rotatable bonds is 9. The Bertz CT molecular complexity index is 1150. The van der Waals surface area contributed by atoms with Crippen LogP contribution in [0.15, 0.2) is 60.7 Å². The molecule has 0 unspecified atom stereocenters. The molecule has 0 aromatic heterocycles. The normalized spacial score (nSPS) is 14.0. The van der Waals surface area contributed by atoms with Crippen LogP contribution in [0.4, 0.5) is 35.1 Å². The summed E-state index contributed by atoms with van der Waals surface area (Å²) in [6.45, 7) is 2.28. The quantitative estimate of drug-likeness (QED) is 0.139. The van der Waals surface area contributed by atoms with Gasteiger partial charge in [0.15, 0.2) is 0 Å². The van der Waals surface area contributed by atoms with E-state index in [1.807, 2.05) is 0 Å². The Hall–Kier alpha value is -1.57. The van der Waals surface area contributed by atoms with Crippen LogP contribution in [0.5, 0.6) is 0 Å². The fraction of sp³-hybridized carbons (Fsp3) is 0.400. The van der Waals surface area contributed by atoms with E-state index in [0.717, 1.165) is 0 Å². The van der Waals surface area contributed by atoms with Gasteiger partial charge in [0, 0.05) is 0 Å². The molecule has 2 N–H and O–H groups in total. The van der Waals surface area contributed by atoms with Crippen molar-refractivity contribution in [3.05, 3.63) is 67.8 Å².